The quantitative estimate of drug-likeness (QED) is 0.616. The van der Waals surface area contributed by atoms with Gasteiger partial charge in [0.25, 0.3) is 5.91 Å². The van der Waals surface area contributed by atoms with Crippen LogP contribution in [0.2, 0.25) is 0 Å². The Morgan fingerprint density at radius 2 is 1.59 bits per heavy atom. The van der Waals surface area contributed by atoms with Crippen LogP contribution in [-0.4, -0.2) is 50.6 Å². The highest BCUT2D eigenvalue weighted by molar-refractivity contribution is 9.10. The largest absolute Gasteiger partial charge is 0.496 e. The van der Waals surface area contributed by atoms with Crippen molar-refractivity contribution in [2.75, 3.05) is 27.9 Å². The summed E-state index contributed by atoms with van der Waals surface area (Å²) >= 11 is 3.39. The molecule has 2 amide bonds. The maximum absolute atomic E-state index is 12.9. The van der Waals surface area contributed by atoms with Crippen molar-refractivity contribution in [3.05, 3.63) is 52.5 Å². The Morgan fingerprint density at radius 1 is 1.03 bits per heavy atom. The number of carbonyl (C=O) groups excluding carboxylic acids is 2. The number of nitrogens with one attached hydrogen (secondary N) is 1. The van der Waals surface area contributed by atoms with Crippen LogP contribution >= 0.6 is 15.9 Å². The first-order chi connectivity index (χ1) is 13.9. The van der Waals surface area contributed by atoms with E-state index in [9.17, 15) is 9.59 Å². The highest BCUT2D eigenvalue weighted by Crippen LogP contribution is 2.27. The van der Waals surface area contributed by atoms with Gasteiger partial charge >= 0.3 is 0 Å². The molecule has 7 nitrogen and oxygen atoms in total. The zero-order valence-corrected chi connectivity index (χ0v) is 18.5. The molecule has 0 radical (unpaired) electrons. The van der Waals surface area contributed by atoms with Crippen LogP contribution in [0.1, 0.15) is 12.5 Å². The number of carbonyl (C=O) groups is 2. The Labute approximate surface area is 179 Å². The number of benzene rings is 2. The fourth-order valence-corrected chi connectivity index (χ4v) is 2.94. The first-order valence-corrected chi connectivity index (χ1v) is 9.78. The molecule has 0 saturated carbocycles. The fraction of sp³-hybridized carbons (Fsp3) is 0.333. The topological polar surface area (TPSA) is 77.1 Å². The number of methoxy groups -OCH3 is 2. The number of rotatable bonds is 9. The molecule has 1 atom stereocenters. The van der Waals surface area contributed by atoms with E-state index in [1.54, 1.807) is 32.2 Å². The third kappa shape index (κ3) is 6.39. The van der Waals surface area contributed by atoms with Crippen molar-refractivity contribution >= 4 is 27.7 Å². The maximum atomic E-state index is 12.9. The summed E-state index contributed by atoms with van der Waals surface area (Å²) in [7, 11) is 4.61. The lowest BCUT2D eigenvalue weighted by Crippen LogP contribution is -2.48. The summed E-state index contributed by atoms with van der Waals surface area (Å²) in [6.45, 7) is 1.74. The van der Waals surface area contributed by atoms with Crippen molar-refractivity contribution in [3.63, 3.8) is 0 Å². The lowest BCUT2D eigenvalue weighted by Gasteiger charge is -2.28. The van der Waals surface area contributed by atoms with Gasteiger partial charge in [-0.05, 0) is 24.6 Å². The van der Waals surface area contributed by atoms with Crippen LogP contribution in [0.4, 0.5) is 0 Å². The second kappa shape index (κ2) is 10.7. The van der Waals surface area contributed by atoms with Gasteiger partial charge in [-0.3, -0.25) is 9.59 Å². The molecule has 0 bridgehead atoms. The summed E-state index contributed by atoms with van der Waals surface area (Å²) in [4.78, 5) is 26.6. The molecule has 0 spiro atoms. The number of ether oxygens (including phenoxy) is 3. The van der Waals surface area contributed by atoms with E-state index >= 15 is 0 Å². The number of amides is 2. The average Bonchev–Trinajstić information content (AvgIpc) is 2.75. The molecule has 0 aliphatic carbocycles. The van der Waals surface area contributed by atoms with Gasteiger partial charge in [-0.15, -0.1) is 0 Å². The first kappa shape index (κ1) is 22.5. The molecule has 0 aliphatic rings. The van der Waals surface area contributed by atoms with E-state index in [0.717, 1.165) is 10.0 Å². The molecule has 1 N–H and O–H groups in total. The molecular weight excluding hydrogens is 440 g/mol. The van der Waals surface area contributed by atoms with Crippen LogP contribution in [0, 0.1) is 0 Å². The maximum Gasteiger partial charge on any atom is 0.261 e. The van der Waals surface area contributed by atoms with Gasteiger partial charge in [-0.2, -0.15) is 0 Å². The van der Waals surface area contributed by atoms with Gasteiger partial charge in [0.05, 0.1) is 14.2 Å². The molecule has 0 fully saturated rings. The van der Waals surface area contributed by atoms with E-state index in [0.29, 0.717) is 17.2 Å². The van der Waals surface area contributed by atoms with Crippen LogP contribution in [0.15, 0.2) is 46.9 Å². The van der Waals surface area contributed by atoms with Gasteiger partial charge in [0, 0.05) is 36.3 Å². The molecule has 0 heterocycles. The van der Waals surface area contributed by atoms with E-state index in [4.69, 9.17) is 14.2 Å². The number of likely N-dealkylation sites (N-methyl/N-ethyl adjacent to an activating group) is 1. The van der Waals surface area contributed by atoms with Crippen molar-refractivity contribution in [1.82, 2.24) is 10.2 Å². The Bertz CT molecular complexity index is 819. The minimum atomic E-state index is -0.653. The van der Waals surface area contributed by atoms with Gasteiger partial charge < -0.3 is 24.4 Å². The summed E-state index contributed by atoms with van der Waals surface area (Å²) < 4.78 is 17.0. The molecule has 1 unspecified atom stereocenters. The van der Waals surface area contributed by atoms with Crippen LogP contribution in [0.5, 0.6) is 17.2 Å². The zero-order chi connectivity index (χ0) is 21.4. The Hall–Kier alpha value is -2.74. The SMILES string of the molecule is CNC(=O)C(C)N(Cc1ccc(Br)cc1)C(=O)COc1cc(OC)cc(OC)c1. The fourth-order valence-electron chi connectivity index (χ4n) is 2.67. The van der Waals surface area contributed by atoms with Crippen molar-refractivity contribution in [2.45, 2.75) is 19.5 Å². The first-order valence-electron chi connectivity index (χ1n) is 8.99. The number of hydrogen-bond acceptors (Lipinski definition) is 5. The second-order valence-corrected chi connectivity index (χ2v) is 7.19. The van der Waals surface area contributed by atoms with Crippen molar-refractivity contribution in [3.8, 4) is 17.2 Å². The van der Waals surface area contributed by atoms with Crippen molar-refractivity contribution in [2.24, 2.45) is 0 Å². The summed E-state index contributed by atoms with van der Waals surface area (Å²) in [6.07, 6.45) is 0. The van der Waals surface area contributed by atoms with Gasteiger partial charge in [0.2, 0.25) is 5.91 Å². The normalized spacial score (nSPS) is 11.3. The summed E-state index contributed by atoms with van der Waals surface area (Å²) in [5.74, 6) is 0.976. The van der Waals surface area contributed by atoms with Gasteiger partial charge in [0.1, 0.15) is 23.3 Å². The molecule has 0 aliphatic heterocycles. The van der Waals surface area contributed by atoms with Crippen LogP contribution in [0.3, 0.4) is 0 Å². The van der Waals surface area contributed by atoms with Crippen molar-refractivity contribution < 1.29 is 23.8 Å². The Balaban J connectivity index is 2.16. The molecule has 2 rings (SSSR count). The third-order valence-corrected chi connectivity index (χ3v) is 4.90. The molecule has 0 aromatic heterocycles. The summed E-state index contributed by atoms with van der Waals surface area (Å²) in [6, 6.07) is 12.0. The second-order valence-electron chi connectivity index (χ2n) is 6.28. The number of halogens is 1. The summed E-state index contributed by atoms with van der Waals surface area (Å²) in [5, 5.41) is 2.58. The molecular formula is C21H25BrN2O5. The molecule has 8 heteroatoms. The average molecular weight is 465 g/mol. The van der Waals surface area contributed by atoms with Crippen LogP contribution in [-0.2, 0) is 16.1 Å². The smallest absolute Gasteiger partial charge is 0.261 e. The minimum Gasteiger partial charge on any atom is -0.496 e. The third-order valence-electron chi connectivity index (χ3n) is 4.37. The standard InChI is InChI=1S/C21H25BrN2O5/c1-14(21(26)23-2)24(12-15-5-7-16(22)8-6-15)20(25)13-29-19-10-17(27-3)9-18(11-19)28-4/h5-11,14H,12-13H2,1-4H3,(H,23,26). The van der Waals surface area contributed by atoms with Crippen LogP contribution in [0.25, 0.3) is 0 Å². The molecule has 2 aromatic rings. The molecule has 29 heavy (non-hydrogen) atoms. The highest BCUT2D eigenvalue weighted by Gasteiger charge is 2.26. The van der Waals surface area contributed by atoms with E-state index in [1.807, 2.05) is 24.3 Å². The highest BCUT2D eigenvalue weighted by atomic mass is 79.9. The minimum absolute atomic E-state index is 0.228. The van der Waals surface area contributed by atoms with E-state index < -0.39 is 6.04 Å². The van der Waals surface area contributed by atoms with Crippen LogP contribution < -0.4 is 19.5 Å². The lowest BCUT2D eigenvalue weighted by molar-refractivity contribution is -0.142. The number of nitrogens with zero attached hydrogens (tertiary/aromatic N) is 1. The van der Waals surface area contributed by atoms with Gasteiger partial charge in [0.15, 0.2) is 6.61 Å². The Kier molecular flexibility index (Phi) is 8.33. The summed E-state index contributed by atoms with van der Waals surface area (Å²) in [5.41, 5.74) is 0.903. The van der Waals surface area contributed by atoms with Crippen molar-refractivity contribution in [1.29, 1.82) is 0 Å². The zero-order valence-electron chi connectivity index (χ0n) is 16.9. The van der Waals surface area contributed by atoms with E-state index in [2.05, 4.69) is 21.2 Å². The molecule has 0 saturated heterocycles. The molecule has 156 valence electrons. The predicted octanol–water partition coefficient (Wildman–Crippen LogP) is 3.01. The monoisotopic (exact) mass is 464 g/mol. The van der Waals surface area contributed by atoms with E-state index in [-0.39, 0.29) is 25.0 Å². The lowest BCUT2D eigenvalue weighted by atomic mass is 10.1. The predicted molar refractivity (Wildman–Crippen MR) is 113 cm³/mol. The molecule has 2 aromatic carbocycles. The van der Waals surface area contributed by atoms with E-state index in [1.165, 1.54) is 19.1 Å². The number of hydrogen-bond donors (Lipinski definition) is 1. The Morgan fingerprint density at radius 3 is 2.10 bits per heavy atom. The van der Waals surface area contributed by atoms with Gasteiger partial charge in [-0.25, -0.2) is 0 Å². The van der Waals surface area contributed by atoms with Gasteiger partial charge in [-0.1, -0.05) is 28.1 Å².